The smallest absolute Gasteiger partial charge is 0.235 e. The number of carbonyl (C=O) groups is 2. The predicted octanol–water partition coefficient (Wildman–Crippen LogP) is 4.86. The molecule has 1 aromatic heterocycles. The molecule has 5 rings (SSSR count). The maximum absolute atomic E-state index is 14.0. The van der Waals surface area contributed by atoms with Gasteiger partial charge in [0.25, 0.3) is 0 Å². The Labute approximate surface area is 201 Å². The van der Waals surface area contributed by atoms with Crippen LogP contribution in [0.5, 0.6) is 0 Å². The molecule has 0 unspecified atom stereocenters. The van der Waals surface area contributed by atoms with E-state index < -0.39 is 17.4 Å². The highest BCUT2D eigenvalue weighted by molar-refractivity contribution is 6.09. The molecule has 180 valence electrons. The molecule has 0 saturated carbocycles. The number of para-hydroxylation sites is 1. The fourth-order valence-corrected chi connectivity index (χ4v) is 6.84. The zero-order valence-corrected chi connectivity index (χ0v) is 20.4. The van der Waals surface area contributed by atoms with Gasteiger partial charge >= 0.3 is 0 Å². The molecule has 1 saturated heterocycles. The normalized spacial score (nSPS) is 35.5. The van der Waals surface area contributed by atoms with Gasteiger partial charge in [-0.15, -0.1) is 0 Å². The van der Waals surface area contributed by atoms with Crippen molar-refractivity contribution in [2.45, 2.75) is 71.4 Å². The van der Waals surface area contributed by atoms with Crippen LogP contribution in [0.2, 0.25) is 0 Å². The summed E-state index contributed by atoms with van der Waals surface area (Å²) >= 11 is 0. The molecule has 1 aromatic carbocycles. The Morgan fingerprint density at radius 1 is 1.12 bits per heavy atom. The van der Waals surface area contributed by atoms with Crippen molar-refractivity contribution in [1.82, 2.24) is 10.3 Å². The van der Waals surface area contributed by atoms with Gasteiger partial charge in [0.05, 0.1) is 6.10 Å². The first kappa shape index (κ1) is 23.1. The van der Waals surface area contributed by atoms with Crippen LogP contribution in [-0.4, -0.2) is 33.9 Å². The third-order valence-corrected chi connectivity index (χ3v) is 8.79. The van der Waals surface area contributed by atoms with E-state index >= 15 is 0 Å². The summed E-state index contributed by atoms with van der Waals surface area (Å²) in [6.45, 7) is 6.20. The van der Waals surface area contributed by atoms with Gasteiger partial charge in [-0.25, -0.2) is 0 Å². The van der Waals surface area contributed by atoms with Crippen molar-refractivity contribution in [2.75, 3.05) is 0 Å². The monoisotopic (exact) mass is 460 g/mol. The van der Waals surface area contributed by atoms with Gasteiger partial charge in [-0.3, -0.25) is 9.59 Å². The summed E-state index contributed by atoms with van der Waals surface area (Å²) in [5, 5.41) is 15.8. The molecule has 0 radical (unpaired) electrons. The van der Waals surface area contributed by atoms with Crippen LogP contribution in [-0.2, 0) is 16.0 Å². The van der Waals surface area contributed by atoms with Crippen LogP contribution < -0.4 is 5.32 Å². The van der Waals surface area contributed by atoms with Crippen molar-refractivity contribution >= 4 is 22.6 Å². The number of aromatic amines is 1. The molecule has 2 heterocycles. The number of rotatable bonds is 2. The maximum Gasteiger partial charge on any atom is 0.235 e. The topological polar surface area (TPSA) is 82.2 Å². The number of aliphatic hydroxyl groups excluding tert-OH is 1. The van der Waals surface area contributed by atoms with Crippen molar-refractivity contribution in [3.63, 3.8) is 0 Å². The van der Waals surface area contributed by atoms with Crippen LogP contribution in [0, 0.1) is 23.2 Å². The quantitative estimate of drug-likeness (QED) is 0.442. The average molecular weight is 461 g/mol. The number of hydrogen-bond acceptors (Lipinski definition) is 3. The molecular formula is C29H36N2O3. The summed E-state index contributed by atoms with van der Waals surface area (Å²) in [6.07, 6.45) is 10.1. The Balaban J connectivity index is 1.62. The van der Waals surface area contributed by atoms with Gasteiger partial charge in [0, 0.05) is 41.4 Å². The molecular weight excluding hydrogens is 424 g/mol. The minimum absolute atomic E-state index is 0.00784. The lowest BCUT2D eigenvalue weighted by Crippen LogP contribution is -2.55. The first-order valence-corrected chi connectivity index (χ1v) is 12.8. The average Bonchev–Trinajstić information content (AvgIpc) is 3.35. The van der Waals surface area contributed by atoms with E-state index in [1.807, 2.05) is 38.3 Å². The number of aromatic nitrogens is 1. The lowest BCUT2D eigenvalue weighted by Gasteiger charge is -2.46. The van der Waals surface area contributed by atoms with Gasteiger partial charge in [0.15, 0.2) is 0 Å². The number of H-pyrrole nitrogens is 1. The number of amides is 1. The van der Waals surface area contributed by atoms with E-state index in [1.165, 1.54) is 0 Å². The number of allylic oxidation sites excluding steroid dienone is 1. The van der Waals surface area contributed by atoms with Crippen LogP contribution in [0.4, 0.5) is 0 Å². The van der Waals surface area contributed by atoms with E-state index in [1.54, 1.807) is 0 Å². The van der Waals surface area contributed by atoms with E-state index in [0.717, 1.165) is 53.3 Å². The Bertz CT molecular complexity index is 1180. The summed E-state index contributed by atoms with van der Waals surface area (Å²) in [4.78, 5) is 31.2. The van der Waals surface area contributed by atoms with Crippen molar-refractivity contribution in [3.05, 3.63) is 59.3 Å². The predicted molar refractivity (Wildman–Crippen MR) is 134 cm³/mol. The summed E-state index contributed by atoms with van der Waals surface area (Å²) in [7, 11) is 0. The molecule has 2 aromatic rings. The number of fused-ring (bicyclic) bond motifs is 1. The number of ketones is 1. The minimum atomic E-state index is -1.25. The van der Waals surface area contributed by atoms with E-state index in [0.29, 0.717) is 18.8 Å². The number of aliphatic hydroxyl groups is 1. The van der Waals surface area contributed by atoms with Gasteiger partial charge in [-0.1, -0.05) is 55.7 Å². The van der Waals surface area contributed by atoms with Crippen molar-refractivity contribution < 1.29 is 14.7 Å². The van der Waals surface area contributed by atoms with Gasteiger partial charge in [0.1, 0.15) is 11.2 Å². The minimum Gasteiger partial charge on any atom is -0.388 e. The zero-order chi connectivity index (χ0) is 24.0. The first-order valence-electron chi connectivity index (χ1n) is 12.8. The van der Waals surface area contributed by atoms with E-state index in [9.17, 15) is 14.7 Å². The largest absolute Gasteiger partial charge is 0.388 e. The SMILES string of the molecule is CC1=C(C)[C@H]2[C@H](Cc3c[nH]c4ccccc34)NC(=O)[C@]23C(=O)CCCC[C@@H](C)C/C=C/[C@H]3[C@@H]1O. The molecule has 1 aliphatic heterocycles. The van der Waals surface area contributed by atoms with Crippen molar-refractivity contribution in [1.29, 1.82) is 0 Å². The highest BCUT2D eigenvalue weighted by Crippen LogP contribution is 2.55. The van der Waals surface area contributed by atoms with E-state index in [4.69, 9.17) is 0 Å². The maximum atomic E-state index is 14.0. The third kappa shape index (κ3) is 3.48. The second kappa shape index (κ2) is 8.84. The lowest BCUT2D eigenvalue weighted by atomic mass is 9.54. The molecule has 1 amide bonds. The van der Waals surface area contributed by atoms with Gasteiger partial charge in [0.2, 0.25) is 5.91 Å². The molecule has 1 spiro atoms. The lowest BCUT2D eigenvalue weighted by molar-refractivity contribution is -0.147. The second-order valence-electron chi connectivity index (χ2n) is 10.8. The van der Waals surface area contributed by atoms with E-state index in [2.05, 4.69) is 35.4 Å². The van der Waals surface area contributed by atoms with Crippen LogP contribution in [0.25, 0.3) is 10.9 Å². The molecule has 3 aliphatic rings. The molecule has 6 atom stereocenters. The number of benzene rings is 1. The summed E-state index contributed by atoms with van der Waals surface area (Å²) in [5.41, 5.74) is 2.84. The Morgan fingerprint density at radius 3 is 2.74 bits per heavy atom. The van der Waals surface area contributed by atoms with Crippen LogP contribution >= 0.6 is 0 Å². The Hall–Kier alpha value is -2.66. The van der Waals surface area contributed by atoms with Crippen LogP contribution in [0.3, 0.4) is 0 Å². The number of Topliss-reactive ketones (excluding diaryl/α,β-unsaturated/α-hetero) is 1. The third-order valence-electron chi connectivity index (χ3n) is 8.79. The zero-order valence-electron chi connectivity index (χ0n) is 20.4. The number of nitrogens with one attached hydrogen (secondary N) is 2. The fraction of sp³-hybridized carbons (Fsp3) is 0.517. The van der Waals surface area contributed by atoms with E-state index in [-0.39, 0.29) is 23.7 Å². The van der Waals surface area contributed by atoms with Crippen LogP contribution in [0.15, 0.2) is 53.8 Å². The molecule has 0 bridgehead atoms. The standard InChI is InChI=1S/C29H36N2O3/c1-17-9-4-7-14-25(32)29-22(12-8-10-17)27(33)19(3)18(2)26(29)24(31-28(29)34)15-20-16-30-23-13-6-5-11-21(20)23/h5-6,8,11-13,16-17,22,24,26-27,30,33H,4,7,9-10,14-15H2,1-3H3,(H,31,34)/b12-8+/t17-,22+,24+,26+,27-,29-/m1/s1. The van der Waals surface area contributed by atoms with Gasteiger partial charge < -0.3 is 15.4 Å². The van der Waals surface area contributed by atoms with Crippen LogP contribution in [0.1, 0.15) is 58.4 Å². The highest BCUT2D eigenvalue weighted by Gasteiger charge is 2.66. The molecule has 2 aliphatic carbocycles. The fourth-order valence-electron chi connectivity index (χ4n) is 6.84. The van der Waals surface area contributed by atoms with Gasteiger partial charge in [-0.2, -0.15) is 0 Å². The molecule has 5 nitrogen and oxygen atoms in total. The summed E-state index contributed by atoms with van der Waals surface area (Å²) in [6, 6.07) is 7.98. The molecule has 3 N–H and O–H groups in total. The highest BCUT2D eigenvalue weighted by atomic mass is 16.3. The molecule has 5 heteroatoms. The molecule has 1 fully saturated rings. The Kier molecular flexibility index (Phi) is 6.01. The number of carbonyl (C=O) groups excluding carboxylic acids is 2. The summed E-state index contributed by atoms with van der Waals surface area (Å²) < 4.78 is 0. The Morgan fingerprint density at radius 2 is 1.91 bits per heavy atom. The second-order valence-corrected chi connectivity index (χ2v) is 10.8. The van der Waals surface area contributed by atoms with Crippen molar-refractivity contribution in [2.24, 2.45) is 23.2 Å². The van der Waals surface area contributed by atoms with Gasteiger partial charge in [-0.05, 0) is 56.2 Å². The van der Waals surface area contributed by atoms with Crippen molar-refractivity contribution in [3.8, 4) is 0 Å². The summed E-state index contributed by atoms with van der Waals surface area (Å²) in [5.74, 6) is -0.488. The first-order chi connectivity index (χ1) is 16.4. The number of hydrogen-bond donors (Lipinski definition) is 3. The molecule has 34 heavy (non-hydrogen) atoms.